The molecule has 1 fully saturated rings. The number of thioether (sulfide) groups is 1. The van der Waals surface area contributed by atoms with Gasteiger partial charge >= 0.3 is 0 Å². The number of allylic oxidation sites excluding steroid dienone is 1. The van der Waals surface area contributed by atoms with E-state index in [2.05, 4.69) is 38.3 Å². The van der Waals surface area contributed by atoms with Crippen molar-refractivity contribution in [3.63, 3.8) is 0 Å². The van der Waals surface area contributed by atoms with Crippen LogP contribution in [0.4, 0.5) is 0 Å². The Morgan fingerprint density at radius 3 is 2.35 bits per heavy atom. The lowest BCUT2D eigenvalue weighted by Gasteiger charge is -2.49. The third kappa shape index (κ3) is 6.33. The van der Waals surface area contributed by atoms with Gasteiger partial charge in [0.25, 0.3) is 0 Å². The zero-order valence-electron chi connectivity index (χ0n) is 19.6. The van der Waals surface area contributed by atoms with Gasteiger partial charge in [0.15, 0.2) is 5.17 Å². The molecule has 31 heavy (non-hydrogen) atoms. The van der Waals surface area contributed by atoms with Crippen LogP contribution < -0.4 is 15.4 Å². The van der Waals surface area contributed by atoms with Crippen molar-refractivity contribution in [1.29, 1.82) is 16.2 Å². The van der Waals surface area contributed by atoms with Gasteiger partial charge in [-0.2, -0.15) is 0 Å². The molecule has 0 spiro atoms. The molecule has 1 aromatic carbocycles. The van der Waals surface area contributed by atoms with E-state index in [-0.39, 0.29) is 22.2 Å². The summed E-state index contributed by atoms with van der Waals surface area (Å²) in [6, 6.07) is 5.74. The number of nitrogens with zero attached hydrogens (tertiary/aromatic N) is 1. The summed E-state index contributed by atoms with van der Waals surface area (Å²) >= 11 is 1.13. The van der Waals surface area contributed by atoms with Gasteiger partial charge < -0.3 is 25.7 Å². The molecule has 1 aromatic rings. The second kappa shape index (κ2) is 9.87. The highest BCUT2D eigenvalue weighted by Gasteiger charge is 2.39. The van der Waals surface area contributed by atoms with Crippen molar-refractivity contribution in [2.45, 2.75) is 57.7 Å². The average molecular weight is 445 g/mol. The highest BCUT2D eigenvalue weighted by molar-refractivity contribution is 8.26. The van der Waals surface area contributed by atoms with E-state index in [1.165, 1.54) is 6.21 Å². The molecule has 0 bridgehead atoms. The molecule has 0 amide bonds. The van der Waals surface area contributed by atoms with Gasteiger partial charge in [-0.1, -0.05) is 6.07 Å². The Morgan fingerprint density at radius 2 is 1.84 bits per heavy atom. The Hall–Kier alpha value is -2.32. The maximum Gasteiger partial charge on any atom is 0.162 e. The number of nitrogens with one attached hydrogen (secondary N) is 5. The SMILES string of the molecule is CN/C=C(\C=N)c1ccc(C(=N)SC(=N)N(C)C2CC(C)(C)NC(C)(C)C2)c(OC)c1. The molecule has 0 aliphatic carbocycles. The van der Waals surface area contributed by atoms with E-state index < -0.39 is 0 Å². The van der Waals surface area contributed by atoms with Gasteiger partial charge in [0, 0.05) is 54.8 Å². The molecular weight excluding hydrogens is 408 g/mol. The van der Waals surface area contributed by atoms with Crippen LogP contribution in [0.1, 0.15) is 51.7 Å². The average Bonchev–Trinajstić information content (AvgIpc) is 2.68. The summed E-state index contributed by atoms with van der Waals surface area (Å²) in [5, 5.41) is 32.1. The summed E-state index contributed by atoms with van der Waals surface area (Å²) in [7, 11) is 5.31. The molecule has 2 rings (SSSR count). The molecule has 8 heteroatoms. The first-order valence-electron chi connectivity index (χ1n) is 10.4. The van der Waals surface area contributed by atoms with Crippen LogP contribution in [-0.2, 0) is 0 Å². The summed E-state index contributed by atoms with van der Waals surface area (Å²) in [5.41, 5.74) is 2.16. The lowest BCUT2D eigenvalue weighted by atomic mass is 9.79. The van der Waals surface area contributed by atoms with Crippen LogP contribution in [0.5, 0.6) is 5.75 Å². The van der Waals surface area contributed by atoms with Crippen molar-refractivity contribution in [1.82, 2.24) is 15.5 Å². The molecule has 7 nitrogen and oxygen atoms in total. The number of methoxy groups -OCH3 is 1. The van der Waals surface area contributed by atoms with Gasteiger partial charge in [-0.15, -0.1) is 0 Å². The van der Waals surface area contributed by atoms with Crippen LogP contribution in [0, 0.1) is 16.2 Å². The molecule has 1 heterocycles. The first-order valence-corrected chi connectivity index (χ1v) is 11.2. The molecule has 0 atom stereocenters. The lowest BCUT2D eigenvalue weighted by Crippen LogP contribution is -2.62. The number of ether oxygens (including phenoxy) is 1. The minimum absolute atomic E-state index is 0.00831. The highest BCUT2D eigenvalue weighted by Crippen LogP contribution is 2.33. The number of hydrogen-bond acceptors (Lipinski definition) is 7. The first-order chi connectivity index (χ1) is 14.4. The monoisotopic (exact) mass is 444 g/mol. The normalized spacial score (nSPS) is 18.2. The van der Waals surface area contributed by atoms with Crippen LogP contribution in [-0.4, -0.2) is 59.7 Å². The van der Waals surface area contributed by atoms with E-state index >= 15 is 0 Å². The largest absolute Gasteiger partial charge is 0.496 e. The number of hydrogen-bond donors (Lipinski definition) is 5. The summed E-state index contributed by atoms with van der Waals surface area (Å²) in [6.07, 6.45) is 4.89. The fourth-order valence-corrected chi connectivity index (χ4v) is 5.12. The van der Waals surface area contributed by atoms with Crippen LogP contribution in [0.25, 0.3) is 5.57 Å². The molecule has 0 aromatic heterocycles. The van der Waals surface area contributed by atoms with E-state index in [1.807, 2.05) is 30.1 Å². The van der Waals surface area contributed by atoms with Gasteiger partial charge in [0.2, 0.25) is 0 Å². The molecule has 0 saturated carbocycles. The highest BCUT2D eigenvalue weighted by atomic mass is 32.2. The number of benzene rings is 1. The zero-order chi connectivity index (χ0) is 23.4. The number of amidine groups is 1. The lowest BCUT2D eigenvalue weighted by molar-refractivity contribution is 0.114. The fraction of sp³-hybridized carbons (Fsp3) is 0.522. The maximum absolute atomic E-state index is 8.63. The summed E-state index contributed by atoms with van der Waals surface area (Å²) in [5.74, 6) is 0.554. The van der Waals surface area contributed by atoms with E-state index in [4.69, 9.17) is 21.0 Å². The molecule has 1 saturated heterocycles. The second-order valence-electron chi connectivity index (χ2n) is 9.25. The molecular formula is C23H36N6OS. The summed E-state index contributed by atoms with van der Waals surface area (Å²) in [4.78, 5) is 1.99. The standard InChI is InChI=1S/C23H36N6OS/c1-22(2)11-17(12-23(3,4)28-22)29(6)21(26)31-20(25)18-9-8-15(10-19(18)30-7)16(13-24)14-27-5/h8-10,13-14,17,24-28H,11-12H2,1-7H3/b16-14+,24-13?,25-20?,26-21?. The topological polar surface area (TPSA) is 108 Å². The quantitative estimate of drug-likeness (QED) is 0.335. The van der Waals surface area contributed by atoms with Crippen molar-refractivity contribution in [3.8, 4) is 5.75 Å². The van der Waals surface area contributed by atoms with Gasteiger partial charge in [-0.25, -0.2) is 0 Å². The molecule has 1 aliphatic heterocycles. The van der Waals surface area contributed by atoms with Gasteiger partial charge in [-0.05, 0) is 70.0 Å². The molecule has 170 valence electrons. The van der Waals surface area contributed by atoms with E-state index in [0.717, 1.165) is 35.7 Å². The van der Waals surface area contributed by atoms with Crippen molar-refractivity contribution in [2.24, 2.45) is 0 Å². The number of piperidine rings is 1. The third-order valence-corrected chi connectivity index (χ3v) is 6.38. The Labute approximate surface area is 190 Å². The molecule has 0 radical (unpaired) electrons. The molecule has 1 aliphatic rings. The van der Waals surface area contributed by atoms with Crippen molar-refractivity contribution >= 4 is 33.8 Å². The number of rotatable bonds is 6. The van der Waals surface area contributed by atoms with Gasteiger partial charge in [-0.3, -0.25) is 10.8 Å². The van der Waals surface area contributed by atoms with E-state index in [0.29, 0.717) is 16.5 Å². The smallest absolute Gasteiger partial charge is 0.162 e. The van der Waals surface area contributed by atoms with Crippen LogP contribution in [0.2, 0.25) is 0 Å². The fourth-order valence-electron chi connectivity index (χ4n) is 4.35. The van der Waals surface area contributed by atoms with E-state index in [9.17, 15) is 0 Å². The van der Waals surface area contributed by atoms with Crippen LogP contribution in [0.3, 0.4) is 0 Å². The maximum atomic E-state index is 8.63. The minimum atomic E-state index is -0.00831. The summed E-state index contributed by atoms with van der Waals surface area (Å²) < 4.78 is 5.52. The molecule has 5 N–H and O–H groups in total. The van der Waals surface area contributed by atoms with Crippen molar-refractivity contribution < 1.29 is 4.74 Å². The summed E-state index contributed by atoms with van der Waals surface area (Å²) in [6.45, 7) is 8.80. The van der Waals surface area contributed by atoms with Crippen molar-refractivity contribution in [2.75, 3.05) is 21.2 Å². The predicted molar refractivity (Wildman–Crippen MR) is 133 cm³/mol. The van der Waals surface area contributed by atoms with Crippen LogP contribution >= 0.6 is 11.8 Å². The van der Waals surface area contributed by atoms with E-state index in [1.54, 1.807) is 20.4 Å². The van der Waals surface area contributed by atoms with Crippen LogP contribution in [0.15, 0.2) is 24.4 Å². The second-order valence-corrected chi connectivity index (χ2v) is 10.2. The molecule has 0 unspecified atom stereocenters. The van der Waals surface area contributed by atoms with Gasteiger partial charge in [0.05, 0.1) is 7.11 Å². The van der Waals surface area contributed by atoms with Gasteiger partial charge in [0.1, 0.15) is 10.8 Å². The Morgan fingerprint density at radius 1 is 1.23 bits per heavy atom. The van der Waals surface area contributed by atoms with Crippen molar-refractivity contribution in [3.05, 3.63) is 35.5 Å². The third-order valence-electron chi connectivity index (χ3n) is 5.47. The predicted octanol–water partition coefficient (Wildman–Crippen LogP) is 4.14. The minimum Gasteiger partial charge on any atom is -0.496 e. The zero-order valence-corrected chi connectivity index (χ0v) is 20.5. The Bertz CT molecular complexity index is 861. The first kappa shape index (κ1) is 24.9. The Kier molecular flexibility index (Phi) is 7.94. The Balaban J connectivity index is 2.18.